The third-order valence-electron chi connectivity index (χ3n) is 3.38. The average molecular weight is 268 g/mol. The summed E-state index contributed by atoms with van der Waals surface area (Å²) in [7, 11) is 1.78. The molecule has 20 heavy (non-hydrogen) atoms. The first-order valence-corrected chi connectivity index (χ1v) is 6.74. The number of anilines is 2. The first-order valence-electron chi connectivity index (χ1n) is 6.74. The number of carbonyl (C=O) groups excluding carboxylic acids is 1. The van der Waals surface area contributed by atoms with Crippen LogP contribution in [0.2, 0.25) is 0 Å². The Bertz CT molecular complexity index is 590. The molecule has 1 amide bonds. The third-order valence-corrected chi connectivity index (χ3v) is 3.38. The molecule has 0 radical (unpaired) electrons. The van der Waals surface area contributed by atoms with Crippen LogP contribution in [-0.2, 0) is 11.2 Å². The molecule has 0 aliphatic rings. The summed E-state index contributed by atoms with van der Waals surface area (Å²) in [6, 6.07) is 15.7. The lowest BCUT2D eigenvalue weighted by Crippen LogP contribution is -2.26. The zero-order valence-corrected chi connectivity index (χ0v) is 12.0. The largest absolute Gasteiger partial charge is 0.399 e. The van der Waals surface area contributed by atoms with Gasteiger partial charge in [0, 0.05) is 24.8 Å². The second-order valence-corrected chi connectivity index (χ2v) is 5.03. The quantitative estimate of drug-likeness (QED) is 0.866. The lowest BCUT2D eigenvalue weighted by atomic mass is 10.1. The van der Waals surface area contributed by atoms with Crippen molar-refractivity contribution in [1.29, 1.82) is 0 Å². The van der Waals surface area contributed by atoms with E-state index in [1.807, 2.05) is 24.3 Å². The predicted octanol–water partition coefficient (Wildman–Crippen LogP) is 3.17. The fraction of sp³-hybridized carbons (Fsp3) is 0.235. The Balaban J connectivity index is 1.96. The first-order chi connectivity index (χ1) is 9.56. The van der Waals surface area contributed by atoms with Crippen molar-refractivity contribution >= 4 is 17.3 Å². The molecule has 2 rings (SSSR count). The summed E-state index contributed by atoms with van der Waals surface area (Å²) in [5.74, 6) is 0.0937. The van der Waals surface area contributed by atoms with Gasteiger partial charge in [0.05, 0.1) is 0 Å². The van der Waals surface area contributed by atoms with Gasteiger partial charge in [0.2, 0.25) is 5.91 Å². The molecule has 3 nitrogen and oxygen atoms in total. The standard InChI is InChI=1S/C17H20N2O/c1-13-6-8-14(9-7-13)10-11-17(20)19(2)16-5-3-4-15(18)12-16/h3-9,12H,10-11,18H2,1-2H3. The van der Waals surface area contributed by atoms with E-state index in [0.29, 0.717) is 12.1 Å². The maximum atomic E-state index is 12.2. The highest BCUT2D eigenvalue weighted by atomic mass is 16.2. The minimum atomic E-state index is 0.0937. The molecule has 0 fully saturated rings. The second-order valence-electron chi connectivity index (χ2n) is 5.03. The molecule has 0 spiro atoms. The van der Waals surface area contributed by atoms with Crippen LogP contribution in [0.5, 0.6) is 0 Å². The van der Waals surface area contributed by atoms with E-state index >= 15 is 0 Å². The van der Waals surface area contributed by atoms with E-state index in [2.05, 4.69) is 31.2 Å². The topological polar surface area (TPSA) is 46.3 Å². The molecular formula is C17H20N2O. The van der Waals surface area contributed by atoms with Gasteiger partial charge in [0.15, 0.2) is 0 Å². The van der Waals surface area contributed by atoms with Gasteiger partial charge in [-0.05, 0) is 37.1 Å². The molecule has 0 bridgehead atoms. The van der Waals surface area contributed by atoms with Crippen LogP contribution in [0, 0.1) is 6.92 Å². The van der Waals surface area contributed by atoms with Gasteiger partial charge < -0.3 is 10.6 Å². The molecule has 2 N–H and O–H groups in total. The molecule has 0 unspecified atom stereocenters. The summed E-state index contributed by atoms with van der Waals surface area (Å²) < 4.78 is 0. The van der Waals surface area contributed by atoms with E-state index in [0.717, 1.165) is 12.1 Å². The van der Waals surface area contributed by atoms with Crippen LogP contribution < -0.4 is 10.6 Å². The number of hydrogen-bond acceptors (Lipinski definition) is 2. The lowest BCUT2D eigenvalue weighted by Gasteiger charge is -2.17. The number of nitrogen functional groups attached to an aromatic ring is 1. The van der Waals surface area contributed by atoms with Crippen molar-refractivity contribution in [2.24, 2.45) is 0 Å². The molecule has 0 saturated carbocycles. The van der Waals surface area contributed by atoms with Crippen molar-refractivity contribution in [2.75, 3.05) is 17.7 Å². The van der Waals surface area contributed by atoms with Crippen molar-refractivity contribution in [3.8, 4) is 0 Å². The number of carbonyl (C=O) groups is 1. The Morgan fingerprint density at radius 3 is 2.50 bits per heavy atom. The molecule has 0 aliphatic carbocycles. The zero-order valence-electron chi connectivity index (χ0n) is 12.0. The first kappa shape index (κ1) is 14.1. The predicted molar refractivity (Wildman–Crippen MR) is 83.8 cm³/mol. The molecule has 0 aliphatic heterocycles. The minimum absolute atomic E-state index is 0.0937. The van der Waals surface area contributed by atoms with E-state index in [9.17, 15) is 4.79 Å². The lowest BCUT2D eigenvalue weighted by molar-refractivity contribution is -0.118. The maximum absolute atomic E-state index is 12.2. The molecule has 2 aromatic carbocycles. The smallest absolute Gasteiger partial charge is 0.227 e. The number of amides is 1. The van der Waals surface area contributed by atoms with Crippen LogP contribution in [0.25, 0.3) is 0 Å². The maximum Gasteiger partial charge on any atom is 0.227 e. The molecule has 3 heteroatoms. The number of benzene rings is 2. The molecule has 104 valence electrons. The number of nitrogens with two attached hydrogens (primary N) is 1. The van der Waals surface area contributed by atoms with Crippen LogP contribution >= 0.6 is 0 Å². The van der Waals surface area contributed by atoms with Gasteiger partial charge in [-0.3, -0.25) is 4.79 Å². The van der Waals surface area contributed by atoms with E-state index in [-0.39, 0.29) is 5.91 Å². The number of nitrogens with zero attached hydrogens (tertiary/aromatic N) is 1. The number of aryl methyl sites for hydroxylation is 2. The molecule has 0 aromatic heterocycles. The van der Waals surface area contributed by atoms with E-state index in [4.69, 9.17) is 5.73 Å². The van der Waals surface area contributed by atoms with Gasteiger partial charge in [-0.1, -0.05) is 35.9 Å². The fourth-order valence-corrected chi connectivity index (χ4v) is 2.05. The fourth-order valence-electron chi connectivity index (χ4n) is 2.05. The number of hydrogen-bond donors (Lipinski definition) is 1. The Labute approximate surface area is 120 Å². The molecule has 0 heterocycles. The van der Waals surface area contributed by atoms with Gasteiger partial charge in [0.25, 0.3) is 0 Å². The highest BCUT2D eigenvalue weighted by molar-refractivity contribution is 5.93. The monoisotopic (exact) mass is 268 g/mol. The van der Waals surface area contributed by atoms with Gasteiger partial charge in [-0.25, -0.2) is 0 Å². The molecule has 0 saturated heterocycles. The summed E-state index contributed by atoms with van der Waals surface area (Å²) in [4.78, 5) is 13.8. The third kappa shape index (κ3) is 3.60. The van der Waals surface area contributed by atoms with Gasteiger partial charge in [0.1, 0.15) is 0 Å². The van der Waals surface area contributed by atoms with Crippen molar-refractivity contribution in [2.45, 2.75) is 19.8 Å². The van der Waals surface area contributed by atoms with Gasteiger partial charge in [-0.15, -0.1) is 0 Å². The van der Waals surface area contributed by atoms with Crippen molar-refractivity contribution in [3.05, 3.63) is 59.7 Å². The van der Waals surface area contributed by atoms with Crippen LogP contribution in [-0.4, -0.2) is 13.0 Å². The molecular weight excluding hydrogens is 248 g/mol. The normalized spacial score (nSPS) is 10.3. The second kappa shape index (κ2) is 6.24. The average Bonchev–Trinajstić information content (AvgIpc) is 2.45. The van der Waals surface area contributed by atoms with E-state index < -0.39 is 0 Å². The Kier molecular flexibility index (Phi) is 4.41. The van der Waals surface area contributed by atoms with Crippen molar-refractivity contribution < 1.29 is 4.79 Å². The molecule has 0 atom stereocenters. The van der Waals surface area contributed by atoms with Crippen LogP contribution in [0.3, 0.4) is 0 Å². The van der Waals surface area contributed by atoms with E-state index in [1.165, 1.54) is 11.1 Å². The zero-order chi connectivity index (χ0) is 14.5. The van der Waals surface area contributed by atoms with Crippen molar-refractivity contribution in [1.82, 2.24) is 0 Å². The number of rotatable bonds is 4. The summed E-state index contributed by atoms with van der Waals surface area (Å²) in [6.07, 6.45) is 1.25. The van der Waals surface area contributed by atoms with E-state index in [1.54, 1.807) is 11.9 Å². The van der Waals surface area contributed by atoms with Gasteiger partial charge in [-0.2, -0.15) is 0 Å². The van der Waals surface area contributed by atoms with Crippen molar-refractivity contribution in [3.63, 3.8) is 0 Å². The van der Waals surface area contributed by atoms with Crippen LogP contribution in [0.15, 0.2) is 48.5 Å². The Hall–Kier alpha value is -2.29. The van der Waals surface area contributed by atoms with Crippen LogP contribution in [0.1, 0.15) is 17.5 Å². The summed E-state index contributed by atoms with van der Waals surface area (Å²) >= 11 is 0. The Morgan fingerprint density at radius 1 is 1.15 bits per heavy atom. The van der Waals surface area contributed by atoms with Crippen LogP contribution in [0.4, 0.5) is 11.4 Å². The Morgan fingerprint density at radius 2 is 1.85 bits per heavy atom. The summed E-state index contributed by atoms with van der Waals surface area (Å²) in [6.45, 7) is 2.06. The summed E-state index contributed by atoms with van der Waals surface area (Å²) in [5, 5.41) is 0. The SMILES string of the molecule is Cc1ccc(CCC(=O)N(C)c2cccc(N)c2)cc1. The molecule has 2 aromatic rings. The highest BCUT2D eigenvalue weighted by Crippen LogP contribution is 2.17. The van der Waals surface area contributed by atoms with Gasteiger partial charge >= 0.3 is 0 Å². The highest BCUT2D eigenvalue weighted by Gasteiger charge is 2.11. The minimum Gasteiger partial charge on any atom is -0.399 e. The summed E-state index contributed by atoms with van der Waals surface area (Å²) in [5.41, 5.74) is 9.66.